The van der Waals surface area contributed by atoms with Gasteiger partial charge >= 0.3 is 0 Å². The van der Waals surface area contributed by atoms with E-state index in [1.807, 2.05) is 37.3 Å². The molecule has 1 heterocycles. The molecule has 2 atom stereocenters. The predicted molar refractivity (Wildman–Crippen MR) is 132 cm³/mol. The number of carbonyl (C=O) groups excluding carboxylic acids is 1. The summed E-state index contributed by atoms with van der Waals surface area (Å²) in [4.78, 5) is 16.9. The highest BCUT2D eigenvalue weighted by molar-refractivity contribution is 7.92. The van der Waals surface area contributed by atoms with E-state index in [1.54, 1.807) is 36.2 Å². The molecule has 0 saturated carbocycles. The number of nitrogens with zero attached hydrogens (tertiary/aromatic N) is 2. The van der Waals surface area contributed by atoms with Crippen LogP contribution < -0.4 is 10.0 Å². The number of benzene rings is 2. The molecule has 1 fully saturated rings. The molecule has 0 aromatic heterocycles. The first-order valence-corrected chi connectivity index (χ1v) is 13.0. The van der Waals surface area contributed by atoms with Crippen molar-refractivity contribution in [3.05, 3.63) is 60.2 Å². The van der Waals surface area contributed by atoms with Crippen LogP contribution in [0.5, 0.6) is 0 Å². The summed E-state index contributed by atoms with van der Waals surface area (Å²) in [5.41, 5.74) is 2.28. The molecule has 180 valence electrons. The van der Waals surface area contributed by atoms with Gasteiger partial charge in [0.05, 0.1) is 24.4 Å². The maximum atomic E-state index is 13.0. The summed E-state index contributed by atoms with van der Waals surface area (Å²) in [6.07, 6.45) is 0.997. The Morgan fingerprint density at radius 3 is 2.42 bits per heavy atom. The number of likely N-dealkylation sites (N-methyl/N-ethyl adjacent to an activating group) is 1. The molecule has 1 saturated heterocycles. The van der Waals surface area contributed by atoms with Crippen molar-refractivity contribution in [2.45, 2.75) is 31.9 Å². The fourth-order valence-corrected chi connectivity index (χ4v) is 5.12. The van der Waals surface area contributed by atoms with Crippen molar-refractivity contribution in [1.82, 2.24) is 9.80 Å². The summed E-state index contributed by atoms with van der Waals surface area (Å²) >= 11 is 0. The fraction of sp³-hybridized carbons (Fsp3) is 0.458. The zero-order valence-corrected chi connectivity index (χ0v) is 20.1. The molecule has 2 aromatic rings. The van der Waals surface area contributed by atoms with Crippen LogP contribution in [0.1, 0.15) is 31.4 Å². The molecule has 9 heteroatoms. The minimum Gasteiger partial charge on any atom is -0.392 e. The molecule has 8 nitrogen and oxygen atoms in total. The molecule has 0 aliphatic carbocycles. The molecule has 0 unspecified atom stereocenters. The van der Waals surface area contributed by atoms with Crippen LogP contribution >= 0.6 is 0 Å². The summed E-state index contributed by atoms with van der Waals surface area (Å²) in [7, 11) is -1.53. The van der Waals surface area contributed by atoms with E-state index in [-0.39, 0.29) is 30.4 Å². The van der Waals surface area contributed by atoms with Crippen molar-refractivity contribution in [3.8, 4) is 0 Å². The summed E-state index contributed by atoms with van der Waals surface area (Å²) < 4.78 is 26.4. The van der Waals surface area contributed by atoms with Crippen LogP contribution in [0, 0.1) is 0 Å². The SMILES string of the molecule is CCCS(=O)(=O)Nc1ccc(NCC(=O)N(C)[C@H](CN2CC[C@H](O)C2)c2ccccc2)cc1. The Morgan fingerprint density at radius 2 is 1.82 bits per heavy atom. The van der Waals surface area contributed by atoms with E-state index in [4.69, 9.17) is 0 Å². The van der Waals surface area contributed by atoms with Crippen molar-refractivity contribution in [3.63, 3.8) is 0 Å². The van der Waals surface area contributed by atoms with E-state index in [2.05, 4.69) is 14.9 Å². The zero-order valence-electron chi connectivity index (χ0n) is 19.3. The van der Waals surface area contributed by atoms with Gasteiger partial charge in [0.15, 0.2) is 0 Å². The normalized spacial score (nSPS) is 17.5. The number of aliphatic hydroxyl groups excluding tert-OH is 1. The number of hydrogen-bond donors (Lipinski definition) is 3. The molecule has 3 rings (SSSR count). The van der Waals surface area contributed by atoms with Gasteiger partial charge in [-0.25, -0.2) is 8.42 Å². The standard InChI is InChI=1S/C24H34N4O4S/c1-3-15-33(31,32)26-21-11-9-20(10-12-21)25-16-24(30)27(2)23(19-7-5-4-6-8-19)18-28-14-13-22(29)17-28/h4-12,22-23,25-26,29H,3,13-18H2,1-2H3/t22-,23+/m0/s1. The quantitative estimate of drug-likeness (QED) is 0.463. The van der Waals surface area contributed by atoms with Crippen LogP contribution in [0.3, 0.4) is 0 Å². The smallest absolute Gasteiger partial charge is 0.242 e. The molecule has 1 amide bonds. The van der Waals surface area contributed by atoms with E-state index < -0.39 is 10.0 Å². The van der Waals surface area contributed by atoms with Crippen molar-refractivity contribution >= 4 is 27.3 Å². The van der Waals surface area contributed by atoms with Crippen molar-refractivity contribution in [2.24, 2.45) is 0 Å². The number of β-amino-alcohol motifs (C(OH)–C–C–N with tert-alkyl or cyclic N) is 1. The number of anilines is 2. The summed E-state index contributed by atoms with van der Waals surface area (Å²) in [5, 5.41) is 13.0. The first-order valence-electron chi connectivity index (χ1n) is 11.3. The minimum atomic E-state index is -3.33. The molecule has 1 aliphatic rings. The number of amides is 1. The van der Waals surface area contributed by atoms with E-state index >= 15 is 0 Å². The van der Waals surface area contributed by atoms with E-state index in [0.717, 1.165) is 24.2 Å². The van der Waals surface area contributed by atoms with Gasteiger partial charge in [-0.15, -0.1) is 0 Å². The molecule has 2 aromatic carbocycles. The van der Waals surface area contributed by atoms with Gasteiger partial charge in [0, 0.05) is 38.1 Å². The molecule has 1 aliphatic heterocycles. The average Bonchev–Trinajstić information content (AvgIpc) is 3.21. The monoisotopic (exact) mass is 474 g/mol. The van der Waals surface area contributed by atoms with Gasteiger partial charge < -0.3 is 15.3 Å². The van der Waals surface area contributed by atoms with Crippen molar-refractivity contribution in [2.75, 3.05) is 49.0 Å². The zero-order chi connectivity index (χ0) is 23.8. The van der Waals surface area contributed by atoms with Crippen LogP contribution in [0.15, 0.2) is 54.6 Å². The lowest BCUT2D eigenvalue weighted by Gasteiger charge is -2.32. The molecule has 0 radical (unpaired) electrons. The summed E-state index contributed by atoms with van der Waals surface area (Å²) in [6.45, 7) is 4.04. The van der Waals surface area contributed by atoms with E-state index in [9.17, 15) is 18.3 Å². The number of aliphatic hydroxyl groups is 1. The fourth-order valence-electron chi connectivity index (χ4n) is 3.98. The molecule has 3 N–H and O–H groups in total. The third-order valence-electron chi connectivity index (χ3n) is 5.80. The van der Waals surface area contributed by atoms with Gasteiger partial charge in [-0.3, -0.25) is 14.4 Å². The third kappa shape index (κ3) is 7.45. The summed E-state index contributed by atoms with van der Waals surface area (Å²) in [5.74, 6) is 0.0172. The minimum absolute atomic E-state index is 0.0590. The molecule has 0 spiro atoms. The lowest BCUT2D eigenvalue weighted by atomic mass is 10.0. The van der Waals surface area contributed by atoms with Gasteiger partial charge in [0.25, 0.3) is 0 Å². The Hall–Kier alpha value is -2.62. The number of likely N-dealkylation sites (tertiary alicyclic amines) is 1. The van der Waals surface area contributed by atoms with Gasteiger partial charge in [-0.05, 0) is 42.7 Å². The molecule has 33 heavy (non-hydrogen) atoms. The molecule has 0 bridgehead atoms. The predicted octanol–water partition coefficient (Wildman–Crippen LogP) is 2.52. The van der Waals surface area contributed by atoms with Crippen LogP contribution in [0.4, 0.5) is 11.4 Å². The lowest BCUT2D eigenvalue weighted by Crippen LogP contribution is -2.41. The maximum Gasteiger partial charge on any atom is 0.242 e. The van der Waals surface area contributed by atoms with Crippen molar-refractivity contribution in [1.29, 1.82) is 0 Å². The second-order valence-electron chi connectivity index (χ2n) is 8.49. The Bertz CT molecular complexity index is 999. The Balaban J connectivity index is 1.60. The number of rotatable bonds is 11. The number of carbonyl (C=O) groups is 1. The highest BCUT2D eigenvalue weighted by Crippen LogP contribution is 2.23. The largest absolute Gasteiger partial charge is 0.392 e. The van der Waals surface area contributed by atoms with Gasteiger partial charge in [-0.2, -0.15) is 0 Å². The number of nitrogens with one attached hydrogen (secondary N) is 2. The van der Waals surface area contributed by atoms with Gasteiger partial charge in [0.2, 0.25) is 15.9 Å². The van der Waals surface area contributed by atoms with E-state index in [1.165, 1.54) is 0 Å². The van der Waals surface area contributed by atoms with Crippen LogP contribution in [-0.4, -0.2) is 74.3 Å². The highest BCUT2D eigenvalue weighted by Gasteiger charge is 2.28. The second-order valence-corrected chi connectivity index (χ2v) is 10.3. The van der Waals surface area contributed by atoms with E-state index in [0.29, 0.717) is 25.2 Å². The van der Waals surface area contributed by atoms with Crippen LogP contribution in [0.25, 0.3) is 0 Å². The highest BCUT2D eigenvalue weighted by atomic mass is 32.2. The lowest BCUT2D eigenvalue weighted by molar-refractivity contribution is -0.130. The number of sulfonamides is 1. The second kappa shape index (κ2) is 11.5. The molecular weight excluding hydrogens is 440 g/mol. The first kappa shape index (κ1) is 25.0. The Kier molecular flexibility index (Phi) is 8.71. The number of hydrogen-bond acceptors (Lipinski definition) is 6. The van der Waals surface area contributed by atoms with Crippen LogP contribution in [0.2, 0.25) is 0 Å². The Labute approximate surface area is 196 Å². The van der Waals surface area contributed by atoms with Gasteiger partial charge in [0.1, 0.15) is 0 Å². The average molecular weight is 475 g/mol. The first-order chi connectivity index (χ1) is 15.8. The third-order valence-corrected chi connectivity index (χ3v) is 7.29. The van der Waals surface area contributed by atoms with Crippen LogP contribution in [-0.2, 0) is 14.8 Å². The Morgan fingerprint density at radius 1 is 1.15 bits per heavy atom. The maximum absolute atomic E-state index is 13.0. The van der Waals surface area contributed by atoms with Gasteiger partial charge in [-0.1, -0.05) is 37.3 Å². The summed E-state index contributed by atoms with van der Waals surface area (Å²) in [6, 6.07) is 16.7. The molecular formula is C24H34N4O4S. The topological polar surface area (TPSA) is 102 Å². The van der Waals surface area contributed by atoms with Crippen molar-refractivity contribution < 1.29 is 18.3 Å².